The number of carbonyl (C=O) groups excluding carboxylic acids is 1. The first-order chi connectivity index (χ1) is 5.29. The van der Waals surface area contributed by atoms with Crippen molar-refractivity contribution in [1.82, 2.24) is 5.32 Å². The minimum atomic E-state index is -0.0457. The van der Waals surface area contributed by atoms with E-state index in [1.54, 1.807) is 20.2 Å². The highest BCUT2D eigenvalue weighted by Gasteiger charge is 2.08. The first-order valence-corrected chi connectivity index (χ1v) is 4.15. The summed E-state index contributed by atoms with van der Waals surface area (Å²) in [5, 5.41) is 8.31. The fraction of sp³-hybridized carbons (Fsp3) is 0.286. The summed E-state index contributed by atoms with van der Waals surface area (Å²) < 4.78 is 0. The van der Waals surface area contributed by atoms with Crippen LogP contribution in [-0.4, -0.2) is 20.0 Å². The number of anilines is 1. The van der Waals surface area contributed by atoms with Gasteiger partial charge in [0, 0.05) is 14.1 Å². The van der Waals surface area contributed by atoms with E-state index in [1.165, 1.54) is 11.3 Å². The molecule has 1 aromatic heterocycles. The summed E-state index contributed by atoms with van der Waals surface area (Å²) in [6.45, 7) is 0. The highest BCUT2D eigenvalue weighted by Crippen LogP contribution is 2.21. The van der Waals surface area contributed by atoms with Crippen LogP contribution < -0.4 is 10.6 Å². The number of thiophene rings is 1. The molecule has 3 nitrogen and oxygen atoms in total. The molecule has 0 saturated carbocycles. The van der Waals surface area contributed by atoms with Gasteiger partial charge in [-0.3, -0.25) is 4.79 Å². The normalized spacial score (nSPS) is 9.27. The molecule has 1 amide bonds. The van der Waals surface area contributed by atoms with Crippen molar-refractivity contribution >= 4 is 22.2 Å². The molecule has 0 saturated heterocycles. The van der Waals surface area contributed by atoms with Crippen LogP contribution in [0.4, 0.5) is 5.00 Å². The van der Waals surface area contributed by atoms with Crippen molar-refractivity contribution < 1.29 is 4.79 Å². The predicted molar refractivity (Wildman–Crippen MR) is 47.3 cm³/mol. The SMILES string of the molecule is CNC(=O)c1ccsc1NC. The Morgan fingerprint density at radius 3 is 2.82 bits per heavy atom. The Kier molecular flexibility index (Phi) is 2.48. The van der Waals surface area contributed by atoms with Gasteiger partial charge in [-0.05, 0) is 11.4 Å². The Morgan fingerprint density at radius 1 is 1.55 bits per heavy atom. The van der Waals surface area contributed by atoms with E-state index in [0.717, 1.165) is 5.00 Å². The van der Waals surface area contributed by atoms with Crippen molar-refractivity contribution in [3.63, 3.8) is 0 Å². The number of hydrogen-bond acceptors (Lipinski definition) is 3. The largest absolute Gasteiger partial charge is 0.379 e. The molecule has 0 atom stereocenters. The third-order valence-corrected chi connectivity index (χ3v) is 2.30. The van der Waals surface area contributed by atoms with E-state index >= 15 is 0 Å². The maximum atomic E-state index is 11.1. The molecular formula is C7H10N2OS. The number of nitrogens with one attached hydrogen (secondary N) is 2. The second-order valence-corrected chi connectivity index (χ2v) is 2.91. The molecule has 0 fully saturated rings. The Balaban J connectivity index is 2.92. The molecule has 0 unspecified atom stereocenters. The molecule has 2 N–H and O–H groups in total. The van der Waals surface area contributed by atoms with E-state index < -0.39 is 0 Å². The lowest BCUT2D eigenvalue weighted by molar-refractivity contribution is 0.0964. The molecule has 60 valence electrons. The molecule has 4 heteroatoms. The van der Waals surface area contributed by atoms with Gasteiger partial charge in [-0.25, -0.2) is 0 Å². The van der Waals surface area contributed by atoms with E-state index in [9.17, 15) is 4.79 Å². The summed E-state index contributed by atoms with van der Waals surface area (Å²) in [7, 11) is 3.43. The third kappa shape index (κ3) is 1.51. The van der Waals surface area contributed by atoms with Gasteiger partial charge in [-0.1, -0.05) is 0 Å². The minimum absolute atomic E-state index is 0.0457. The molecule has 0 aliphatic heterocycles. The summed E-state index contributed by atoms with van der Waals surface area (Å²) >= 11 is 1.52. The second kappa shape index (κ2) is 3.39. The number of hydrogen-bond donors (Lipinski definition) is 2. The molecule has 0 aliphatic carbocycles. The molecule has 0 radical (unpaired) electrons. The van der Waals surface area contributed by atoms with Crippen LogP contribution in [0.3, 0.4) is 0 Å². The maximum absolute atomic E-state index is 11.1. The van der Waals surface area contributed by atoms with E-state index in [0.29, 0.717) is 5.56 Å². The smallest absolute Gasteiger partial charge is 0.254 e. The highest BCUT2D eigenvalue weighted by molar-refractivity contribution is 7.14. The molecule has 11 heavy (non-hydrogen) atoms. The second-order valence-electron chi connectivity index (χ2n) is 1.99. The lowest BCUT2D eigenvalue weighted by atomic mass is 10.3. The van der Waals surface area contributed by atoms with Crippen molar-refractivity contribution in [3.8, 4) is 0 Å². The molecule has 0 aromatic carbocycles. The summed E-state index contributed by atoms with van der Waals surface area (Å²) in [5.41, 5.74) is 0.708. The fourth-order valence-corrected chi connectivity index (χ4v) is 1.56. The van der Waals surface area contributed by atoms with E-state index in [1.807, 2.05) is 5.38 Å². The Morgan fingerprint density at radius 2 is 2.27 bits per heavy atom. The quantitative estimate of drug-likeness (QED) is 0.699. The van der Waals surface area contributed by atoms with Crippen LogP contribution in [0.15, 0.2) is 11.4 Å². The number of rotatable bonds is 2. The van der Waals surface area contributed by atoms with Crippen molar-refractivity contribution in [2.45, 2.75) is 0 Å². The lowest BCUT2D eigenvalue weighted by Crippen LogP contribution is -2.17. The van der Waals surface area contributed by atoms with Crippen LogP contribution in [0.1, 0.15) is 10.4 Å². The lowest BCUT2D eigenvalue weighted by Gasteiger charge is -1.99. The summed E-state index contributed by atoms with van der Waals surface area (Å²) in [6.07, 6.45) is 0. The van der Waals surface area contributed by atoms with Crippen LogP contribution in [0, 0.1) is 0 Å². The van der Waals surface area contributed by atoms with Gasteiger partial charge in [-0.2, -0.15) is 0 Å². The zero-order valence-electron chi connectivity index (χ0n) is 6.47. The first kappa shape index (κ1) is 8.07. The fourth-order valence-electron chi connectivity index (χ4n) is 0.816. The molecular weight excluding hydrogens is 160 g/mol. The van der Waals surface area contributed by atoms with Crippen molar-refractivity contribution in [2.24, 2.45) is 0 Å². The van der Waals surface area contributed by atoms with Crippen LogP contribution in [0.5, 0.6) is 0 Å². The van der Waals surface area contributed by atoms with Gasteiger partial charge in [-0.15, -0.1) is 11.3 Å². The van der Waals surface area contributed by atoms with Gasteiger partial charge < -0.3 is 10.6 Å². The van der Waals surface area contributed by atoms with Crippen molar-refractivity contribution in [3.05, 3.63) is 17.0 Å². The molecule has 0 aliphatic rings. The third-order valence-electron chi connectivity index (χ3n) is 1.36. The molecule has 0 spiro atoms. The van der Waals surface area contributed by atoms with Crippen LogP contribution >= 0.6 is 11.3 Å². The van der Waals surface area contributed by atoms with E-state index in [4.69, 9.17) is 0 Å². The zero-order valence-corrected chi connectivity index (χ0v) is 7.29. The Labute approximate surface area is 69.4 Å². The van der Waals surface area contributed by atoms with Gasteiger partial charge >= 0.3 is 0 Å². The van der Waals surface area contributed by atoms with Crippen LogP contribution in [0.25, 0.3) is 0 Å². The van der Waals surface area contributed by atoms with Gasteiger partial charge in [0.15, 0.2) is 0 Å². The maximum Gasteiger partial charge on any atom is 0.254 e. The van der Waals surface area contributed by atoms with Gasteiger partial charge in [0.2, 0.25) is 0 Å². The van der Waals surface area contributed by atoms with E-state index in [-0.39, 0.29) is 5.91 Å². The average molecular weight is 170 g/mol. The van der Waals surface area contributed by atoms with Crippen molar-refractivity contribution in [2.75, 3.05) is 19.4 Å². The summed E-state index contributed by atoms with van der Waals surface area (Å²) in [4.78, 5) is 11.1. The Bertz CT molecular complexity index is 257. The average Bonchev–Trinajstić information content (AvgIpc) is 2.50. The molecule has 1 aromatic rings. The predicted octanol–water partition coefficient (Wildman–Crippen LogP) is 1.15. The molecule has 0 bridgehead atoms. The van der Waals surface area contributed by atoms with Gasteiger partial charge in [0.1, 0.15) is 5.00 Å². The molecule has 1 rings (SSSR count). The molecule has 1 heterocycles. The monoisotopic (exact) mass is 170 g/mol. The summed E-state index contributed by atoms with van der Waals surface area (Å²) in [6, 6.07) is 1.80. The standard InChI is InChI=1S/C7H10N2OS/c1-8-6(10)5-3-4-11-7(5)9-2/h3-4,9H,1-2H3,(H,8,10). The van der Waals surface area contributed by atoms with Crippen LogP contribution in [0.2, 0.25) is 0 Å². The van der Waals surface area contributed by atoms with E-state index in [2.05, 4.69) is 10.6 Å². The topological polar surface area (TPSA) is 41.1 Å². The van der Waals surface area contributed by atoms with Crippen molar-refractivity contribution in [1.29, 1.82) is 0 Å². The Hall–Kier alpha value is -1.03. The number of amides is 1. The first-order valence-electron chi connectivity index (χ1n) is 3.27. The van der Waals surface area contributed by atoms with Gasteiger partial charge in [0.05, 0.1) is 5.56 Å². The highest BCUT2D eigenvalue weighted by atomic mass is 32.1. The summed E-state index contributed by atoms with van der Waals surface area (Å²) in [5.74, 6) is -0.0457. The van der Waals surface area contributed by atoms with Gasteiger partial charge in [0.25, 0.3) is 5.91 Å². The van der Waals surface area contributed by atoms with Crippen LogP contribution in [-0.2, 0) is 0 Å². The zero-order chi connectivity index (χ0) is 8.27. The number of carbonyl (C=O) groups is 1. The minimum Gasteiger partial charge on any atom is -0.379 e.